The summed E-state index contributed by atoms with van der Waals surface area (Å²) in [6, 6.07) is 17.2. The molecule has 0 spiro atoms. The Kier molecular flexibility index (Phi) is 7.59. The maximum absolute atomic E-state index is 11.7. The zero-order valence-corrected chi connectivity index (χ0v) is 17.2. The molecule has 1 amide bonds. The van der Waals surface area contributed by atoms with E-state index >= 15 is 0 Å². The van der Waals surface area contributed by atoms with Crippen molar-refractivity contribution in [3.05, 3.63) is 65.7 Å². The Morgan fingerprint density at radius 3 is 2.26 bits per heavy atom. The van der Waals surface area contributed by atoms with Crippen LogP contribution in [0.15, 0.2) is 54.6 Å². The molecule has 0 bridgehead atoms. The minimum atomic E-state index is -1.39. The molecule has 0 saturated heterocycles. The van der Waals surface area contributed by atoms with E-state index in [-0.39, 0.29) is 19.6 Å². The second kappa shape index (κ2) is 9.69. The van der Waals surface area contributed by atoms with E-state index in [4.69, 9.17) is 4.74 Å². The molecule has 2 rings (SSSR count). The summed E-state index contributed by atoms with van der Waals surface area (Å²) >= 11 is 0. The van der Waals surface area contributed by atoms with E-state index in [2.05, 4.69) is 25.0 Å². The van der Waals surface area contributed by atoms with Gasteiger partial charge in [-0.25, -0.2) is 4.79 Å². The van der Waals surface area contributed by atoms with Crippen LogP contribution in [-0.4, -0.2) is 37.0 Å². The first-order valence-electron chi connectivity index (χ1n) is 9.18. The maximum atomic E-state index is 11.7. The average molecular weight is 388 g/mol. The zero-order chi connectivity index (χ0) is 19.9. The monoisotopic (exact) mass is 387 g/mol. The highest BCUT2D eigenvalue weighted by atomic mass is 28.3. The molecular weight excluding hydrogens is 358 g/mol. The van der Waals surface area contributed by atoms with Gasteiger partial charge in [-0.05, 0) is 17.5 Å². The summed E-state index contributed by atoms with van der Waals surface area (Å²) in [6.07, 6.45) is -2.25. The third-order valence-corrected chi connectivity index (χ3v) is 6.47. The van der Waals surface area contributed by atoms with E-state index in [0.717, 1.165) is 5.56 Å². The van der Waals surface area contributed by atoms with Crippen LogP contribution in [0, 0.1) is 0 Å². The Labute approximate surface area is 162 Å². The summed E-state index contributed by atoms with van der Waals surface area (Å²) in [5, 5.41) is 24.4. The summed E-state index contributed by atoms with van der Waals surface area (Å²) in [4.78, 5) is 11.7. The van der Waals surface area contributed by atoms with E-state index in [0.29, 0.717) is 5.56 Å². The quantitative estimate of drug-likeness (QED) is 0.609. The molecular formula is C21H29NO4Si. The van der Waals surface area contributed by atoms with Crippen molar-refractivity contribution in [1.29, 1.82) is 0 Å². The molecule has 0 aromatic heterocycles. The number of benzene rings is 2. The number of carbonyl (C=O) groups excluding carboxylic acids is 1. The number of rotatable bonds is 8. The van der Waals surface area contributed by atoms with E-state index in [1.165, 1.54) is 5.19 Å². The first kappa shape index (κ1) is 21.2. The van der Waals surface area contributed by atoms with Gasteiger partial charge in [0.05, 0.1) is 14.2 Å². The Bertz CT molecular complexity index is 713. The molecule has 6 heteroatoms. The van der Waals surface area contributed by atoms with Gasteiger partial charge in [0.25, 0.3) is 0 Å². The molecule has 27 heavy (non-hydrogen) atoms. The van der Waals surface area contributed by atoms with Gasteiger partial charge in [-0.3, -0.25) is 0 Å². The SMILES string of the molecule is C[Si](C)(C)c1ccc(C(O)C(O)CCNC(=O)OCc2ccccc2)cc1. The fourth-order valence-corrected chi connectivity index (χ4v) is 3.82. The van der Waals surface area contributed by atoms with E-state index < -0.39 is 26.4 Å². The van der Waals surface area contributed by atoms with Crippen molar-refractivity contribution in [3.63, 3.8) is 0 Å². The number of aliphatic hydroxyl groups is 2. The highest BCUT2D eigenvalue weighted by Crippen LogP contribution is 2.18. The van der Waals surface area contributed by atoms with Crippen LogP contribution in [0.3, 0.4) is 0 Å². The summed E-state index contributed by atoms with van der Waals surface area (Å²) in [5.74, 6) is 0. The van der Waals surface area contributed by atoms with Crippen LogP contribution in [0.4, 0.5) is 4.79 Å². The molecule has 0 aliphatic heterocycles. The van der Waals surface area contributed by atoms with Crippen molar-refractivity contribution >= 4 is 19.4 Å². The van der Waals surface area contributed by atoms with Gasteiger partial charge in [-0.2, -0.15) is 0 Å². The smallest absolute Gasteiger partial charge is 0.407 e. The first-order valence-corrected chi connectivity index (χ1v) is 12.7. The van der Waals surface area contributed by atoms with Crippen molar-refractivity contribution in [2.75, 3.05) is 6.54 Å². The Morgan fingerprint density at radius 2 is 1.67 bits per heavy atom. The minimum absolute atomic E-state index is 0.196. The predicted octanol–water partition coefficient (Wildman–Crippen LogP) is 2.94. The van der Waals surface area contributed by atoms with Gasteiger partial charge in [0.2, 0.25) is 0 Å². The van der Waals surface area contributed by atoms with E-state index in [1.807, 2.05) is 54.6 Å². The Morgan fingerprint density at radius 1 is 1.04 bits per heavy atom. The van der Waals surface area contributed by atoms with Crippen LogP contribution in [0.1, 0.15) is 23.7 Å². The maximum Gasteiger partial charge on any atom is 0.407 e. The third kappa shape index (κ3) is 6.82. The second-order valence-electron chi connectivity index (χ2n) is 7.66. The van der Waals surface area contributed by atoms with Crippen LogP contribution in [0.25, 0.3) is 0 Å². The molecule has 0 aliphatic rings. The van der Waals surface area contributed by atoms with Gasteiger partial charge in [-0.1, -0.05) is 79.4 Å². The average Bonchev–Trinajstić information content (AvgIpc) is 2.66. The highest BCUT2D eigenvalue weighted by molar-refractivity contribution is 6.88. The van der Waals surface area contributed by atoms with Crippen molar-refractivity contribution in [1.82, 2.24) is 5.32 Å². The summed E-state index contributed by atoms with van der Waals surface area (Å²) in [6.45, 7) is 7.20. The van der Waals surface area contributed by atoms with E-state index in [9.17, 15) is 15.0 Å². The van der Waals surface area contributed by atoms with Crippen LogP contribution < -0.4 is 10.5 Å². The second-order valence-corrected chi connectivity index (χ2v) is 12.7. The Balaban J connectivity index is 1.74. The lowest BCUT2D eigenvalue weighted by Gasteiger charge is -2.21. The number of hydrogen-bond acceptors (Lipinski definition) is 4. The normalized spacial score (nSPS) is 13.7. The lowest BCUT2D eigenvalue weighted by molar-refractivity contribution is 0.0136. The van der Waals surface area contributed by atoms with Gasteiger partial charge < -0.3 is 20.3 Å². The van der Waals surface area contributed by atoms with Crippen molar-refractivity contribution in [2.45, 2.75) is 44.9 Å². The molecule has 2 unspecified atom stereocenters. The number of ether oxygens (including phenoxy) is 1. The standard InChI is InChI=1S/C21H29NO4Si/c1-27(2,3)18-11-9-17(10-12-18)20(24)19(23)13-14-22-21(25)26-15-16-7-5-4-6-8-16/h4-12,19-20,23-24H,13-15H2,1-3H3,(H,22,25). The fourth-order valence-electron chi connectivity index (χ4n) is 2.66. The van der Waals surface area contributed by atoms with Gasteiger partial charge in [-0.15, -0.1) is 0 Å². The fraction of sp³-hybridized carbons (Fsp3) is 0.381. The number of carbonyl (C=O) groups is 1. The van der Waals surface area contributed by atoms with Crippen LogP contribution in [0.5, 0.6) is 0 Å². The number of amides is 1. The molecule has 0 saturated carbocycles. The van der Waals surface area contributed by atoms with Crippen molar-refractivity contribution in [3.8, 4) is 0 Å². The molecule has 0 radical (unpaired) electrons. The number of alkyl carbamates (subject to hydrolysis) is 1. The minimum Gasteiger partial charge on any atom is -0.445 e. The molecule has 2 aromatic rings. The summed E-state index contributed by atoms with van der Waals surface area (Å²) in [5.41, 5.74) is 1.58. The van der Waals surface area contributed by atoms with Gasteiger partial charge in [0.1, 0.15) is 12.7 Å². The molecule has 146 valence electrons. The lowest BCUT2D eigenvalue weighted by atomic mass is 10.0. The van der Waals surface area contributed by atoms with Crippen molar-refractivity contribution in [2.24, 2.45) is 0 Å². The predicted molar refractivity (Wildman–Crippen MR) is 110 cm³/mol. The molecule has 3 N–H and O–H groups in total. The molecule has 2 atom stereocenters. The van der Waals surface area contributed by atoms with Gasteiger partial charge in [0.15, 0.2) is 0 Å². The largest absolute Gasteiger partial charge is 0.445 e. The lowest BCUT2D eigenvalue weighted by Crippen LogP contribution is -2.37. The summed E-state index contributed by atoms with van der Waals surface area (Å²) < 4.78 is 5.11. The molecule has 0 fully saturated rings. The van der Waals surface area contributed by atoms with Crippen LogP contribution in [0.2, 0.25) is 19.6 Å². The van der Waals surface area contributed by atoms with Crippen LogP contribution in [-0.2, 0) is 11.3 Å². The van der Waals surface area contributed by atoms with Crippen molar-refractivity contribution < 1.29 is 19.7 Å². The first-order chi connectivity index (χ1) is 12.8. The third-order valence-electron chi connectivity index (χ3n) is 4.40. The number of aliphatic hydroxyl groups excluding tert-OH is 2. The molecule has 2 aromatic carbocycles. The summed E-state index contributed by atoms with van der Waals surface area (Å²) in [7, 11) is -1.39. The molecule has 5 nitrogen and oxygen atoms in total. The number of hydrogen-bond donors (Lipinski definition) is 3. The molecule has 0 aliphatic carbocycles. The van der Waals surface area contributed by atoms with Crippen LogP contribution >= 0.6 is 0 Å². The van der Waals surface area contributed by atoms with Gasteiger partial charge >= 0.3 is 6.09 Å². The zero-order valence-electron chi connectivity index (χ0n) is 16.2. The van der Waals surface area contributed by atoms with E-state index in [1.54, 1.807) is 0 Å². The molecule has 0 heterocycles. The Hall–Kier alpha value is -2.15. The van der Waals surface area contributed by atoms with Gasteiger partial charge in [0, 0.05) is 6.54 Å². The highest BCUT2D eigenvalue weighted by Gasteiger charge is 2.20. The topological polar surface area (TPSA) is 78.8 Å². The number of nitrogens with one attached hydrogen (secondary N) is 1.